The smallest absolute Gasteiger partial charge is 0.355 e. The molecule has 1 aliphatic heterocycles. The predicted molar refractivity (Wildman–Crippen MR) is 82.9 cm³/mol. The van der Waals surface area contributed by atoms with E-state index in [1.807, 2.05) is 5.38 Å². The molecule has 0 aliphatic carbocycles. The van der Waals surface area contributed by atoms with Crippen molar-refractivity contribution in [2.24, 2.45) is 5.92 Å². The molecule has 2 amide bonds. The van der Waals surface area contributed by atoms with Crippen LogP contribution in [-0.2, 0) is 16.0 Å². The number of nitrogens with zero attached hydrogens (tertiary/aromatic N) is 4. The second-order valence-corrected chi connectivity index (χ2v) is 6.62. The van der Waals surface area contributed by atoms with Gasteiger partial charge in [0.05, 0.1) is 5.69 Å². The Morgan fingerprint density at radius 1 is 1.32 bits per heavy atom. The maximum atomic E-state index is 12.4. The minimum absolute atomic E-state index is 0.0550. The first kappa shape index (κ1) is 17.6. The Morgan fingerprint density at radius 3 is 2.72 bits per heavy atom. The number of halogens is 3. The third-order valence-electron chi connectivity index (χ3n) is 4.16. The van der Waals surface area contributed by atoms with E-state index in [2.05, 4.69) is 15.4 Å². The number of rotatable bonds is 4. The van der Waals surface area contributed by atoms with Gasteiger partial charge in [0, 0.05) is 37.4 Å². The summed E-state index contributed by atoms with van der Waals surface area (Å²) >= 11 is 1.46. The maximum absolute atomic E-state index is 12.4. The Kier molecular flexibility index (Phi) is 4.93. The summed E-state index contributed by atoms with van der Waals surface area (Å²) < 4.78 is 38.9. The zero-order valence-electron chi connectivity index (χ0n) is 13.1. The van der Waals surface area contributed by atoms with Crippen molar-refractivity contribution in [3.8, 4) is 0 Å². The van der Waals surface area contributed by atoms with Crippen LogP contribution in [0.2, 0.25) is 0 Å². The second kappa shape index (κ2) is 6.98. The molecule has 1 aliphatic rings. The molecule has 0 bridgehead atoms. The normalized spacial score (nSPS) is 16.4. The Labute approximate surface area is 144 Å². The van der Waals surface area contributed by atoms with E-state index in [9.17, 15) is 22.8 Å². The molecular formula is C14H16F3N5O2S. The highest BCUT2D eigenvalue weighted by Crippen LogP contribution is 2.24. The summed E-state index contributed by atoms with van der Waals surface area (Å²) in [6.07, 6.45) is -2.34. The molecule has 1 fully saturated rings. The summed E-state index contributed by atoms with van der Waals surface area (Å²) in [6.45, 7) is 0.299. The number of amides is 2. The van der Waals surface area contributed by atoms with Gasteiger partial charge in [-0.1, -0.05) is 0 Å². The van der Waals surface area contributed by atoms with Gasteiger partial charge in [0.2, 0.25) is 10.9 Å². The van der Waals surface area contributed by atoms with Crippen LogP contribution in [-0.4, -0.2) is 57.1 Å². The SMILES string of the molecule is O=C(NCCc1csc2ncnn12)C1CCN(C(=O)C(F)(F)F)CC1. The average molecular weight is 375 g/mol. The highest BCUT2D eigenvalue weighted by atomic mass is 32.1. The Hall–Kier alpha value is -2.17. The number of nitrogens with one attached hydrogen (secondary N) is 1. The number of piperidine rings is 1. The van der Waals surface area contributed by atoms with E-state index in [4.69, 9.17) is 0 Å². The fourth-order valence-corrected chi connectivity index (χ4v) is 3.66. The first-order valence-corrected chi connectivity index (χ1v) is 8.64. The number of aromatic nitrogens is 3. The van der Waals surface area contributed by atoms with E-state index in [1.165, 1.54) is 17.7 Å². The van der Waals surface area contributed by atoms with Gasteiger partial charge in [-0.05, 0) is 12.8 Å². The van der Waals surface area contributed by atoms with Gasteiger partial charge < -0.3 is 10.2 Å². The molecule has 0 spiro atoms. The Bertz CT molecular complexity index is 764. The molecule has 0 unspecified atom stereocenters. The standard InChI is InChI=1S/C14H16F3N5O2S/c15-14(16,17)12(24)21-5-2-9(3-6-21)11(23)18-4-1-10-7-25-13-19-8-20-22(10)13/h7-9H,1-6H2,(H,18,23). The summed E-state index contributed by atoms with van der Waals surface area (Å²) in [4.78, 5) is 28.9. The number of carbonyl (C=O) groups excluding carboxylic acids is 2. The van der Waals surface area contributed by atoms with E-state index in [1.54, 1.807) is 4.52 Å². The molecule has 2 aromatic heterocycles. The molecule has 2 aromatic rings. The van der Waals surface area contributed by atoms with Gasteiger partial charge in [0.1, 0.15) is 6.33 Å². The topological polar surface area (TPSA) is 79.6 Å². The van der Waals surface area contributed by atoms with E-state index in [0.29, 0.717) is 13.0 Å². The monoisotopic (exact) mass is 375 g/mol. The van der Waals surface area contributed by atoms with E-state index in [0.717, 1.165) is 15.6 Å². The van der Waals surface area contributed by atoms with E-state index in [-0.39, 0.29) is 37.8 Å². The van der Waals surface area contributed by atoms with Gasteiger partial charge in [0.15, 0.2) is 0 Å². The van der Waals surface area contributed by atoms with Crippen molar-refractivity contribution < 1.29 is 22.8 Å². The zero-order valence-corrected chi connectivity index (χ0v) is 13.9. The van der Waals surface area contributed by atoms with E-state index < -0.39 is 12.1 Å². The molecule has 0 saturated carbocycles. The lowest BCUT2D eigenvalue weighted by atomic mass is 9.96. The predicted octanol–water partition coefficient (Wildman–Crippen LogP) is 1.25. The lowest BCUT2D eigenvalue weighted by molar-refractivity contribution is -0.186. The van der Waals surface area contributed by atoms with Crippen molar-refractivity contribution in [1.82, 2.24) is 24.8 Å². The van der Waals surface area contributed by atoms with Gasteiger partial charge in [0.25, 0.3) is 0 Å². The Morgan fingerprint density at radius 2 is 2.04 bits per heavy atom. The third-order valence-corrected chi connectivity index (χ3v) is 5.04. The zero-order chi connectivity index (χ0) is 18.0. The first-order chi connectivity index (χ1) is 11.9. The average Bonchev–Trinajstić information content (AvgIpc) is 3.18. The molecule has 0 aromatic carbocycles. The van der Waals surface area contributed by atoms with Crippen LogP contribution in [0.5, 0.6) is 0 Å². The van der Waals surface area contributed by atoms with Crippen molar-refractivity contribution in [1.29, 1.82) is 0 Å². The highest BCUT2D eigenvalue weighted by molar-refractivity contribution is 7.15. The quantitative estimate of drug-likeness (QED) is 0.872. The van der Waals surface area contributed by atoms with Crippen LogP contribution in [0.1, 0.15) is 18.5 Å². The van der Waals surface area contributed by atoms with Crippen LogP contribution in [0.15, 0.2) is 11.7 Å². The van der Waals surface area contributed by atoms with Gasteiger partial charge >= 0.3 is 12.1 Å². The molecule has 3 heterocycles. The summed E-state index contributed by atoms with van der Waals surface area (Å²) in [5.74, 6) is -2.39. The van der Waals surface area contributed by atoms with Crippen LogP contribution in [0, 0.1) is 5.92 Å². The largest absolute Gasteiger partial charge is 0.471 e. The summed E-state index contributed by atoms with van der Waals surface area (Å²) in [6, 6.07) is 0. The maximum Gasteiger partial charge on any atom is 0.471 e. The number of likely N-dealkylation sites (tertiary alicyclic amines) is 1. The van der Waals surface area contributed by atoms with Gasteiger partial charge in [-0.25, -0.2) is 9.50 Å². The van der Waals surface area contributed by atoms with Gasteiger partial charge in [-0.3, -0.25) is 9.59 Å². The van der Waals surface area contributed by atoms with Crippen molar-refractivity contribution in [3.63, 3.8) is 0 Å². The van der Waals surface area contributed by atoms with Gasteiger partial charge in [-0.15, -0.1) is 11.3 Å². The minimum atomic E-state index is -4.86. The third kappa shape index (κ3) is 3.91. The lowest BCUT2D eigenvalue weighted by Crippen LogP contribution is -2.47. The van der Waals surface area contributed by atoms with Crippen LogP contribution in [0.25, 0.3) is 4.96 Å². The van der Waals surface area contributed by atoms with Crippen molar-refractivity contribution in [2.45, 2.75) is 25.4 Å². The number of fused-ring (bicyclic) bond motifs is 1. The second-order valence-electron chi connectivity index (χ2n) is 5.79. The minimum Gasteiger partial charge on any atom is -0.355 e. The fraction of sp³-hybridized carbons (Fsp3) is 0.571. The molecule has 1 N–H and O–H groups in total. The summed E-state index contributed by atoms with van der Waals surface area (Å²) in [7, 11) is 0. The van der Waals surface area contributed by atoms with Crippen LogP contribution in [0.4, 0.5) is 13.2 Å². The molecular weight excluding hydrogens is 359 g/mol. The van der Waals surface area contributed by atoms with Crippen LogP contribution < -0.4 is 5.32 Å². The van der Waals surface area contributed by atoms with E-state index >= 15 is 0 Å². The van der Waals surface area contributed by atoms with Crippen LogP contribution >= 0.6 is 11.3 Å². The Balaban J connectivity index is 1.44. The fourth-order valence-electron chi connectivity index (χ4n) is 2.83. The lowest BCUT2D eigenvalue weighted by Gasteiger charge is -2.31. The number of hydrogen-bond acceptors (Lipinski definition) is 5. The van der Waals surface area contributed by atoms with Crippen molar-refractivity contribution in [2.75, 3.05) is 19.6 Å². The molecule has 1 saturated heterocycles. The molecule has 25 heavy (non-hydrogen) atoms. The molecule has 0 atom stereocenters. The van der Waals surface area contributed by atoms with Gasteiger partial charge in [-0.2, -0.15) is 18.3 Å². The molecule has 3 rings (SSSR count). The summed E-state index contributed by atoms with van der Waals surface area (Å²) in [5, 5.41) is 8.80. The van der Waals surface area contributed by atoms with Crippen molar-refractivity contribution in [3.05, 3.63) is 17.4 Å². The molecule has 7 nitrogen and oxygen atoms in total. The number of thiazole rings is 1. The molecule has 0 radical (unpaired) electrons. The number of hydrogen-bond donors (Lipinski definition) is 1. The van der Waals surface area contributed by atoms with Crippen molar-refractivity contribution >= 4 is 28.1 Å². The number of alkyl halides is 3. The summed E-state index contributed by atoms with van der Waals surface area (Å²) in [5.41, 5.74) is 0.934. The molecule has 136 valence electrons. The van der Waals surface area contributed by atoms with Crippen LogP contribution in [0.3, 0.4) is 0 Å². The first-order valence-electron chi connectivity index (χ1n) is 7.76. The highest BCUT2D eigenvalue weighted by Gasteiger charge is 2.43. The molecule has 11 heteroatoms. The number of carbonyl (C=O) groups is 2.